The van der Waals surface area contributed by atoms with Crippen LogP contribution in [0.1, 0.15) is 41.5 Å². The van der Waals surface area contributed by atoms with Gasteiger partial charge in [0.1, 0.15) is 18.1 Å². The number of carbonyl (C=O) groups excluding carboxylic acids is 4. The minimum atomic E-state index is -1.01. The summed E-state index contributed by atoms with van der Waals surface area (Å²) in [5.41, 5.74) is 0. The molecule has 18 heteroatoms. The molecule has 0 aromatic heterocycles. The largest absolute Gasteiger partial charge is 0.480 e. The van der Waals surface area contributed by atoms with Crippen LogP contribution in [0.5, 0.6) is 0 Å². The first-order valence-corrected chi connectivity index (χ1v) is 16.6. The molecule has 4 radical (unpaired) electrons. The van der Waals surface area contributed by atoms with Crippen molar-refractivity contribution < 1.29 is 34.2 Å². The average Bonchev–Trinajstić information content (AvgIpc) is 3.52. The fourth-order valence-corrected chi connectivity index (χ4v) is 7.74. The van der Waals surface area contributed by atoms with Gasteiger partial charge < -0.3 is 30.6 Å². The molecule has 0 saturated carbocycles. The van der Waals surface area contributed by atoms with Crippen molar-refractivity contribution in [2.24, 2.45) is 0 Å². The Morgan fingerprint density at radius 3 is 1.69 bits per heavy atom. The first-order chi connectivity index (χ1) is 19.3. The number of rotatable bonds is 7. The number of alkyl halides is 1. The monoisotopic (exact) mass is 663 g/mol. The predicted octanol–water partition coefficient (Wildman–Crippen LogP) is 0.832. The number of carboxylic acids is 1. The lowest BCUT2D eigenvalue weighted by atomic mass is 9.98. The molecule has 3 aliphatic heterocycles. The molecule has 12 nitrogen and oxygen atoms in total. The van der Waals surface area contributed by atoms with Gasteiger partial charge in [0.2, 0.25) is 27.5 Å². The van der Waals surface area contributed by atoms with Gasteiger partial charge >= 0.3 is 5.97 Å². The van der Waals surface area contributed by atoms with Crippen molar-refractivity contribution in [3.05, 3.63) is 0 Å². The van der Waals surface area contributed by atoms with Crippen molar-refractivity contribution in [1.82, 2.24) is 25.8 Å². The quantitative estimate of drug-likeness (QED) is 0.193. The van der Waals surface area contributed by atoms with Gasteiger partial charge in [0.25, 0.3) is 0 Å². The van der Waals surface area contributed by atoms with Crippen molar-refractivity contribution in [3.8, 4) is 0 Å². The standard InChI is InChI=1S/C9H15BN2O3S.C8H15ClN2OS.C7H10BNO3S/c1-9(2)6(7(14)11-3-4-13)12(5-16-9)8(10)15;1-8(2)6(11-5-13-8)7(12)10-4-3-9;1-7(2)4(5(10)11)9(3-13-7)6(8)12/h6,13H,3-5H2,1-2H3,(H,11,14);6,11H,3-5H2,1-2H3,(H,10,12);4H,3H2,1-2H3,(H,10,11)/t2*6-;4-/m111/s1. The van der Waals surface area contributed by atoms with Gasteiger partial charge in [0, 0.05) is 39.1 Å². The van der Waals surface area contributed by atoms with Crippen LogP contribution in [0.2, 0.25) is 0 Å². The lowest BCUT2D eigenvalue weighted by molar-refractivity contribution is -0.142. The van der Waals surface area contributed by atoms with E-state index in [0.717, 1.165) is 5.88 Å². The third-order valence-electron chi connectivity index (χ3n) is 6.63. The highest BCUT2D eigenvalue weighted by molar-refractivity contribution is 8.01. The van der Waals surface area contributed by atoms with Crippen LogP contribution in [0.15, 0.2) is 0 Å². The van der Waals surface area contributed by atoms with Gasteiger partial charge in [-0.25, -0.2) is 4.79 Å². The molecule has 3 fully saturated rings. The molecule has 3 rings (SSSR count). The van der Waals surface area contributed by atoms with Crippen LogP contribution in [0.3, 0.4) is 0 Å². The van der Waals surface area contributed by atoms with Crippen LogP contribution >= 0.6 is 46.9 Å². The Bertz CT molecular complexity index is 996. The highest BCUT2D eigenvalue weighted by atomic mass is 35.5. The van der Waals surface area contributed by atoms with Crippen LogP contribution in [-0.2, 0) is 14.4 Å². The summed E-state index contributed by atoms with van der Waals surface area (Å²) in [5, 5.41) is 26.1. The Morgan fingerprint density at radius 2 is 1.31 bits per heavy atom. The Balaban J connectivity index is 0.000000318. The summed E-state index contributed by atoms with van der Waals surface area (Å²) in [7, 11) is 10.3. The molecule has 3 saturated heterocycles. The topological polar surface area (TPSA) is 168 Å². The second-order valence-corrected chi connectivity index (χ2v) is 16.2. The zero-order valence-corrected chi connectivity index (χ0v) is 28.0. The molecular weight excluding hydrogens is 624 g/mol. The number of nitrogens with one attached hydrogen (secondary N) is 3. The van der Waals surface area contributed by atoms with E-state index in [9.17, 15) is 24.0 Å². The van der Waals surface area contributed by atoms with Crippen LogP contribution in [-0.4, -0.2) is 141 Å². The van der Waals surface area contributed by atoms with Gasteiger partial charge in [-0.15, -0.1) is 46.9 Å². The Kier molecular flexibility index (Phi) is 15.4. The van der Waals surface area contributed by atoms with E-state index in [2.05, 4.69) is 29.8 Å². The second kappa shape index (κ2) is 16.7. The van der Waals surface area contributed by atoms with E-state index in [-0.39, 0.29) is 40.5 Å². The fourth-order valence-electron chi connectivity index (χ4n) is 4.40. The number of aliphatic hydroxyl groups is 1. The van der Waals surface area contributed by atoms with E-state index in [0.29, 0.717) is 24.2 Å². The Hall–Kier alpha value is -1.26. The highest BCUT2D eigenvalue weighted by Crippen LogP contribution is 2.40. The summed E-state index contributed by atoms with van der Waals surface area (Å²) >= 11 is 10.2. The summed E-state index contributed by atoms with van der Waals surface area (Å²) in [6, 6.07) is -1.50. The van der Waals surface area contributed by atoms with Gasteiger partial charge in [-0.1, -0.05) is 0 Å². The maximum Gasteiger partial charge on any atom is 0.327 e. The number of hydrogen-bond acceptors (Lipinski definition) is 10. The SMILES string of the molecule is CC1(C)SCN[C@@H]1C(=O)NCCCl.[B]C(=O)N1CSC(C)(C)[C@H]1C(=O)NCCO.[B]C(=O)N1CSC(C)(C)[C@H]1C(=O)O. The first-order valence-electron chi connectivity index (χ1n) is 13.1. The maximum atomic E-state index is 11.8. The van der Waals surface area contributed by atoms with Gasteiger partial charge in [0.05, 0.1) is 18.4 Å². The van der Waals surface area contributed by atoms with Gasteiger partial charge in [0.15, 0.2) is 11.6 Å². The molecule has 0 aromatic carbocycles. The number of thioether (sulfide) groups is 3. The van der Waals surface area contributed by atoms with E-state index in [4.69, 9.17) is 37.5 Å². The maximum absolute atomic E-state index is 11.8. The zero-order chi connectivity index (χ0) is 32.5. The third-order valence-corrected chi connectivity index (χ3v) is 10.9. The van der Waals surface area contributed by atoms with Crippen LogP contribution in [0.4, 0.5) is 9.59 Å². The molecule has 0 spiro atoms. The zero-order valence-electron chi connectivity index (χ0n) is 24.8. The van der Waals surface area contributed by atoms with E-state index >= 15 is 0 Å². The Morgan fingerprint density at radius 1 is 0.833 bits per heavy atom. The first kappa shape index (κ1) is 38.8. The van der Waals surface area contributed by atoms with E-state index in [1.54, 1.807) is 25.6 Å². The summed E-state index contributed by atoms with van der Waals surface area (Å²) in [6.45, 7) is 12.1. The molecule has 0 aromatic rings. The van der Waals surface area contributed by atoms with Crippen LogP contribution < -0.4 is 16.0 Å². The normalized spacial score (nSPS) is 24.9. The molecule has 0 aliphatic carbocycles. The Labute approximate surface area is 268 Å². The second-order valence-electron chi connectivity index (χ2n) is 11.0. The number of halogens is 1. The molecule has 4 amide bonds. The van der Waals surface area contributed by atoms with E-state index in [1.165, 1.54) is 33.3 Å². The molecule has 3 atom stereocenters. The van der Waals surface area contributed by atoms with Crippen LogP contribution in [0.25, 0.3) is 0 Å². The number of amides is 4. The summed E-state index contributed by atoms with van der Waals surface area (Å²) in [5.74, 6) is -0.434. The summed E-state index contributed by atoms with van der Waals surface area (Å²) < 4.78 is -0.855. The molecule has 0 unspecified atom stereocenters. The molecule has 3 heterocycles. The number of carboxylic acid groups (broad SMARTS) is 1. The van der Waals surface area contributed by atoms with Crippen molar-refractivity contribution in [2.45, 2.75) is 73.9 Å². The molecule has 0 bridgehead atoms. The molecular formula is C24H40B2ClN5O7S3. The van der Waals surface area contributed by atoms with Gasteiger partial charge in [-0.05, 0) is 41.5 Å². The smallest absolute Gasteiger partial charge is 0.327 e. The van der Waals surface area contributed by atoms with Crippen molar-refractivity contribution in [3.63, 3.8) is 0 Å². The molecule has 3 aliphatic rings. The number of nitrogens with zero attached hydrogens (tertiary/aromatic N) is 2. The minimum absolute atomic E-state index is 0.0175. The predicted molar refractivity (Wildman–Crippen MR) is 172 cm³/mol. The lowest BCUT2D eigenvalue weighted by Crippen LogP contribution is -2.53. The van der Waals surface area contributed by atoms with Crippen molar-refractivity contribution in [1.29, 1.82) is 0 Å². The fraction of sp³-hybridized carbons (Fsp3) is 0.792. The van der Waals surface area contributed by atoms with Crippen molar-refractivity contribution in [2.75, 3.05) is 43.2 Å². The summed E-state index contributed by atoms with van der Waals surface area (Å²) in [4.78, 5) is 58.9. The third kappa shape index (κ3) is 10.7. The van der Waals surface area contributed by atoms with E-state index < -0.39 is 34.4 Å². The summed E-state index contributed by atoms with van der Waals surface area (Å²) in [6.07, 6.45) is 0. The number of hydrogen-bond donors (Lipinski definition) is 5. The number of carbonyl (C=O) groups is 5. The molecule has 42 heavy (non-hydrogen) atoms. The average molecular weight is 664 g/mol. The van der Waals surface area contributed by atoms with Crippen molar-refractivity contribution >= 4 is 92.0 Å². The molecule has 234 valence electrons. The van der Waals surface area contributed by atoms with E-state index in [1.807, 2.05) is 13.8 Å². The molecule has 5 N–H and O–H groups in total. The lowest BCUT2D eigenvalue weighted by Gasteiger charge is -2.29. The minimum Gasteiger partial charge on any atom is -0.480 e. The highest BCUT2D eigenvalue weighted by Gasteiger charge is 2.47. The number of aliphatic hydroxyl groups excluding tert-OH is 1. The van der Waals surface area contributed by atoms with Gasteiger partial charge in [-0.3, -0.25) is 24.5 Å². The van der Waals surface area contributed by atoms with Gasteiger partial charge in [-0.2, -0.15) is 0 Å². The van der Waals surface area contributed by atoms with Crippen LogP contribution in [0, 0.1) is 0 Å². The number of aliphatic carboxylic acids is 1.